The lowest BCUT2D eigenvalue weighted by molar-refractivity contribution is 0.0724. The van der Waals surface area contributed by atoms with Gasteiger partial charge in [-0.15, -0.1) is 0 Å². The lowest BCUT2D eigenvalue weighted by Gasteiger charge is -2.06. The fourth-order valence-electron chi connectivity index (χ4n) is 1.53. The molecule has 0 unspecified atom stereocenters. The number of esters is 1. The molecule has 0 aliphatic carbocycles. The molecule has 4 heteroatoms. The Labute approximate surface area is 103 Å². The number of ether oxygens (including phenoxy) is 1. The fourth-order valence-corrected chi connectivity index (χ4v) is 1.53. The first-order valence-corrected chi connectivity index (χ1v) is 5.31. The largest absolute Gasteiger partial charge is 0.423 e. The van der Waals surface area contributed by atoms with Gasteiger partial charge in [0.15, 0.2) is 0 Å². The molecular weight excluding hydrogens is 238 g/mol. The van der Waals surface area contributed by atoms with E-state index in [1.54, 1.807) is 18.2 Å². The average Bonchev–Trinajstić information content (AvgIpc) is 2.28. The number of hydrogen-bond acceptors (Lipinski definition) is 2. The standard InChI is InChI=1S/C14H10F2O2/c1-9-4-2-5-10(8-9)18-14(17)13-11(15)6-3-7-12(13)16/h2-8H,1H3. The van der Waals surface area contributed by atoms with E-state index in [0.29, 0.717) is 0 Å². The van der Waals surface area contributed by atoms with Gasteiger partial charge >= 0.3 is 5.97 Å². The van der Waals surface area contributed by atoms with Crippen LogP contribution in [0.2, 0.25) is 0 Å². The Kier molecular flexibility index (Phi) is 3.37. The van der Waals surface area contributed by atoms with Gasteiger partial charge in [-0.05, 0) is 36.8 Å². The van der Waals surface area contributed by atoms with Gasteiger partial charge in [0.25, 0.3) is 0 Å². The van der Waals surface area contributed by atoms with E-state index in [9.17, 15) is 13.6 Å². The smallest absolute Gasteiger partial charge is 0.349 e. The summed E-state index contributed by atoms with van der Waals surface area (Å²) in [5.41, 5.74) is 0.202. The fraction of sp³-hybridized carbons (Fsp3) is 0.0714. The minimum Gasteiger partial charge on any atom is -0.423 e. The van der Waals surface area contributed by atoms with E-state index in [2.05, 4.69) is 0 Å². The van der Waals surface area contributed by atoms with E-state index >= 15 is 0 Å². The van der Waals surface area contributed by atoms with E-state index in [0.717, 1.165) is 17.7 Å². The van der Waals surface area contributed by atoms with E-state index in [4.69, 9.17) is 4.74 Å². The van der Waals surface area contributed by atoms with E-state index in [1.165, 1.54) is 6.07 Å². The van der Waals surface area contributed by atoms with Gasteiger partial charge < -0.3 is 4.74 Å². The molecule has 0 spiro atoms. The van der Waals surface area contributed by atoms with Crippen LogP contribution in [0.1, 0.15) is 15.9 Å². The summed E-state index contributed by atoms with van der Waals surface area (Å²) >= 11 is 0. The molecular formula is C14H10F2O2. The summed E-state index contributed by atoms with van der Waals surface area (Å²) in [6.45, 7) is 1.82. The van der Waals surface area contributed by atoms with Crippen LogP contribution in [0.5, 0.6) is 5.75 Å². The van der Waals surface area contributed by atoms with Crippen LogP contribution in [0.15, 0.2) is 42.5 Å². The first kappa shape index (κ1) is 12.2. The summed E-state index contributed by atoms with van der Waals surface area (Å²) in [4.78, 5) is 11.7. The summed E-state index contributed by atoms with van der Waals surface area (Å²) in [7, 11) is 0. The van der Waals surface area contributed by atoms with Gasteiger partial charge in [0, 0.05) is 0 Å². The first-order valence-electron chi connectivity index (χ1n) is 5.31. The van der Waals surface area contributed by atoms with Crippen molar-refractivity contribution in [1.82, 2.24) is 0 Å². The highest BCUT2D eigenvalue weighted by Crippen LogP contribution is 2.17. The maximum absolute atomic E-state index is 13.3. The van der Waals surface area contributed by atoms with Gasteiger partial charge in [-0.2, -0.15) is 0 Å². The molecule has 0 heterocycles. The molecule has 0 amide bonds. The maximum atomic E-state index is 13.3. The monoisotopic (exact) mass is 248 g/mol. The predicted octanol–water partition coefficient (Wildman–Crippen LogP) is 3.49. The molecule has 0 saturated carbocycles. The van der Waals surface area contributed by atoms with Crippen molar-refractivity contribution in [3.63, 3.8) is 0 Å². The zero-order valence-electron chi connectivity index (χ0n) is 9.61. The van der Waals surface area contributed by atoms with E-state index in [1.807, 2.05) is 13.0 Å². The third-order valence-corrected chi connectivity index (χ3v) is 2.37. The molecule has 0 aliphatic heterocycles. The molecule has 2 rings (SSSR count). The van der Waals surface area contributed by atoms with E-state index in [-0.39, 0.29) is 5.75 Å². The third-order valence-electron chi connectivity index (χ3n) is 2.37. The summed E-state index contributed by atoms with van der Waals surface area (Å²) in [6.07, 6.45) is 0. The summed E-state index contributed by atoms with van der Waals surface area (Å²) < 4.78 is 31.6. The summed E-state index contributed by atoms with van der Waals surface area (Å²) in [5.74, 6) is -2.67. The Hall–Kier alpha value is -2.23. The van der Waals surface area contributed by atoms with E-state index < -0.39 is 23.2 Å². The molecule has 0 aliphatic rings. The lowest BCUT2D eigenvalue weighted by Crippen LogP contribution is -2.13. The van der Waals surface area contributed by atoms with Crippen LogP contribution in [0.25, 0.3) is 0 Å². The van der Waals surface area contributed by atoms with Crippen molar-refractivity contribution in [1.29, 1.82) is 0 Å². The zero-order chi connectivity index (χ0) is 13.1. The Morgan fingerprint density at radius 3 is 2.28 bits per heavy atom. The van der Waals surface area contributed by atoms with Crippen molar-refractivity contribution in [2.75, 3.05) is 0 Å². The van der Waals surface area contributed by atoms with Gasteiger partial charge in [0.2, 0.25) is 0 Å². The molecule has 0 fully saturated rings. The van der Waals surface area contributed by atoms with Crippen LogP contribution in [0, 0.1) is 18.6 Å². The number of halogens is 2. The van der Waals surface area contributed by atoms with Crippen LogP contribution in [0.3, 0.4) is 0 Å². The molecule has 0 saturated heterocycles. The second-order valence-electron chi connectivity index (χ2n) is 3.80. The highest BCUT2D eigenvalue weighted by Gasteiger charge is 2.19. The highest BCUT2D eigenvalue weighted by atomic mass is 19.1. The quantitative estimate of drug-likeness (QED) is 0.600. The second kappa shape index (κ2) is 4.96. The molecule has 0 radical (unpaired) electrons. The molecule has 18 heavy (non-hydrogen) atoms. The number of carbonyl (C=O) groups is 1. The molecule has 0 bridgehead atoms. The van der Waals surface area contributed by atoms with Crippen molar-refractivity contribution in [2.24, 2.45) is 0 Å². The van der Waals surface area contributed by atoms with Gasteiger partial charge in [0.05, 0.1) is 0 Å². The maximum Gasteiger partial charge on any atom is 0.349 e. The molecule has 0 atom stereocenters. The number of carbonyl (C=O) groups excluding carboxylic acids is 1. The SMILES string of the molecule is Cc1cccc(OC(=O)c2c(F)cccc2F)c1. The third kappa shape index (κ3) is 2.53. The van der Waals surface area contributed by atoms with Gasteiger partial charge in [0.1, 0.15) is 22.9 Å². The Bertz CT molecular complexity index is 574. The Morgan fingerprint density at radius 1 is 1.06 bits per heavy atom. The van der Waals surface area contributed by atoms with Gasteiger partial charge in [-0.3, -0.25) is 0 Å². The van der Waals surface area contributed by atoms with Crippen molar-refractivity contribution < 1.29 is 18.3 Å². The van der Waals surface area contributed by atoms with Crippen molar-refractivity contribution in [2.45, 2.75) is 6.92 Å². The highest BCUT2D eigenvalue weighted by molar-refractivity contribution is 5.91. The Balaban J connectivity index is 2.28. The van der Waals surface area contributed by atoms with Gasteiger partial charge in [-0.25, -0.2) is 13.6 Å². The summed E-state index contributed by atoms with van der Waals surface area (Å²) in [6, 6.07) is 9.87. The van der Waals surface area contributed by atoms with Crippen LogP contribution in [0.4, 0.5) is 8.78 Å². The second-order valence-corrected chi connectivity index (χ2v) is 3.80. The summed E-state index contributed by atoms with van der Waals surface area (Å²) in [5, 5.41) is 0. The zero-order valence-corrected chi connectivity index (χ0v) is 9.61. The minimum atomic E-state index is -1.05. The normalized spacial score (nSPS) is 10.2. The van der Waals surface area contributed by atoms with Gasteiger partial charge in [-0.1, -0.05) is 18.2 Å². The Morgan fingerprint density at radius 2 is 1.67 bits per heavy atom. The minimum absolute atomic E-state index is 0.252. The average molecular weight is 248 g/mol. The lowest BCUT2D eigenvalue weighted by atomic mass is 10.2. The first-order chi connectivity index (χ1) is 8.58. The molecule has 2 aromatic carbocycles. The molecule has 0 N–H and O–H groups in total. The molecule has 92 valence electrons. The van der Waals surface area contributed by atoms with Crippen LogP contribution < -0.4 is 4.74 Å². The number of aryl methyl sites for hydroxylation is 1. The molecule has 2 nitrogen and oxygen atoms in total. The van der Waals surface area contributed by atoms with Crippen LogP contribution in [-0.4, -0.2) is 5.97 Å². The topological polar surface area (TPSA) is 26.3 Å². The number of benzene rings is 2. The molecule has 2 aromatic rings. The van der Waals surface area contributed by atoms with Crippen molar-refractivity contribution in [3.8, 4) is 5.75 Å². The van der Waals surface area contributed by atoms with Crippen molar-refractivity contribution in [3.05, 3.63) is 65.2 Å². The number of hydrogen-bond donors (Lipinski definition) is 0. The van der Waals surface area contributed by atoms with Crippen LogP contribution >= 0.6 is 0 Å². The van der Waals surface area contributed by atoms with Crippen molar-refractivity contribution >= 4 is 5.97 Å². The van der Waals surface area contributed by atoms with Crippen LogP contribution in [-0.2, 0) is 0 Å². The predicted molar refractivity (Wildman–Crippen MR) is 62.5 cm³/mol. The number of rotatable bonds is 2. The molecule has 0 aromatic heterocycles.